The minimum absolute atomic E-state index is 0.215. The van der Waals surface area contributed by atoms with Gasteiger partial charge in [-0.2, -0.15) is 0 Å². The van der Waals surface area contributed by atoms with E-state index in [1.165, 1.54) is 13.2 Å². The van der Waals surface area contributed by atoms with Crippen molar-refractivity contribution in [3.63, 3.8) is 0 Å². The van der Waals surface area contributed by atoms with Gasteiger partial charge in [0.1, 0.15) is 11.6 Å². The van der Waals surface area contributed by atoms with Gasteiger partial charge in [0, 0.05) is 17.9 Å². The summed E-state index contributed by atoms with van der Waals surface area (Å²) in [6.45, 7) is 0. The van der Waals surface area contributed by atoms with E-state index in [-0.39, 0.29) is 23.9 Å². The third kappa shape index (κ3) is 2.38. The van der Waals surface area contributed by atoms with E-state index >= 15 is 0 Å². The van der Waals surface area contributed by atoms with Crippen LogP contribution in [0.5, 0.6) is 0 Å². The Hall–Kier alpha value is -1.62. The lowest BCUT2D eigenvalue weighted by Crippen LogP contribution is -2.06. The summed E-state index contributed by atoms with van der Waals surface area (Å²) in [5.41, 5.74) is 0.899. The van der Waals surface area contributed by atoms with Crippen molar-refractivity contribution in [1.82, 2.24) is 4.98 Å². The second-order valence-corrected chi connectivity index (χ2v) is 5.44. The monoisotopic (exact) mass is 297 g/mol. The van der Waals surface area contributed by atoms with Crippen molar-refractivity contribution in [3.05, 3.63) is 35.3 Å². The minimum atomic E-state index is -0.715. The van der Waals surface area contributed by atoms with Gasteiger partial charge in [-0.05, 0) is 18.9 Å². The molecule has 4 nitrogen and oxygen atoms in total. The van der Waals surface area contributed by atoms with E-state index in [1.54, 1.807) is 6.08 Å². The first-order valence-corrected chi connectivity index (χ1v) is 6.83. The summed E-state index contributed by atoms with van der Waals surface area (Å²) < 4.78 is 23.6. The van der Waals surface area contributed by atoms with Crippen LogP contribution in [0.1, 0.15) is 47.3 Å². The number of methoxy groups -OCH3 is 1. The Morgan fingerprint density at radius 1 is 1.50 bits per heavy atom. The number of allylic oxidation sites excluding steroid dienone is 4. The Kier molecular flexibility index (Phi) is 3.38. The molecule has 0 aromatic carbocycles. The molecule has 1 atom stereocenters. The number of oxazole rings is 1. The molecule has 0 N–H and O–H groups in total. The highest BCUT2D eigenvalue weighted by Gasteiger charge is 2.35. The predicted octanol–water partition coefficient (Wildman–Crippen LogP) is 3.59. The predicted molar refractivity (Wildman–Crippen MR) is 71.2 cm³/mol. The number of esters is 1. The number of aromatic nitrogens is 1. The van der Waals surface area contributed by atoms with E-state index in [0.717, 1.165) is 12.8 Å². The van der Waals surface area contributed by atoms with Crippen molar-refractivity contribution in [2.75, 3.05) is 7.11 Å². The number of rotatable bonds is 3. The van der Waals surface area contributed by atoms with Gasteiger partial charge in [-0.15, -0.1) is 11.6 Å². The smallest absolute Gasteiger partial charge is 0.360 e. The molecule has 1 aromatic heterocycles. The van der Waals surface area contributed by atoms with Crippen LogP contribution >= 0.6 is 11.6 Å². The van der Waals surface area contributed by atoms with Crippen molar-refractivity contribution in [1.29, 1.82) is 0 Å². The molecule has 0 radical (unpaired) electrons. The Balaban J connectivity index is 1.97. The van der Waals surface area contributed by atoms with Crippen LogP contribution in [0.4, 0.5) is 4.39 Å². The maximum absolute atomic E-state index is 13.2. The molecular weight excluding hydrogens is 285 g/mol. The molecule has 0 aliphatic heterocycles. The van der Waals surface area contributed by atoms with Gasteiger partial charge in [0.2, 0.25) is 5.89 Å². The molecule has 0 bridgehead atoms. The van der Waals surface area contributed by atoms with Crippen LogP contribution in [0.2, 0.25) is 0 Å². The highest BCUT2D eigenvalue weighted by molar-refractivity contribution is 6.23. The Bertz CT molecular complexity index is 616. The summed E-state index contributed by atoms with van der Waals surface area (Å²) in [6, 6.07) is 0. The zero-order valence-electron chi connectivity index (χ0n) is 10.9. The summed E-state index contributed by atoms with van der Waals surface area (Å²) in [6.07, 6.45) is 5.12. The highest BCUT2D eigenvalue weighted by atomic mass is 35.5. The number of carbonyl (C=O) groups excluding carboxylic acids is 1. The molecule has 2 aliphatic carbocycles. The lowest BCUT2D eigenvalue weighted by Gasteiger charge is -2.12. The molecule has 1 aromatic rings. The maximum atomic E-state index is 13.2. The van der Waals surface area contributed by atoms with Gasteiger partial charge in [0.25, 0.3) is 0 Å². The van der Waals surface area contributed by atoms with E-state index < -0.39 is 11.3 Å². The number of carbonyl (C=O) groups is 1. The van der Waals surface area contributed by atoms with Crippen LogP contribution in [0.3, 0.4) is 0 Å². The molecule has 106 valence electrons. The fraction of sp³-hybridized carbons (Fsp3) is 0.429. The van der Waals surface area contributed by atoms with E-state index in [4.69, 9.17) is 20.8 Å². The first kappa shape index (κ1) is 13.4. The fourth-order valence-corrected chi connectivity index (χ4v) is 2.38. The average molecular weight is 298 g/mol. The van der Waals surface area contributed by atoms with Gasteiger partial charge in [-0.3, -0.25) is 0 Å². The Morgan fingerprint density at radius 2 is 2.25 bits per heavy atom. The van der Waals surface area contributed by atoms with Gasteiger partial charge < -0.3 is 9.15 Å². The summed E-state index contributed by atoms with van der Waals surface area (Å²) in [7, 11) is 1.31. The van der Waals surface area contributed by atoms with Crippen molar-refractivity contribution in [2.45, 2.75) is 30.6 Å². The number of halogens is 2. The summed E-state index contributed by atoms with van der Waals surface area (Å²) in [5, 5.41) is -0.715. The molecule has 3 rings (SSSR count). The van der Waals surface area contributed by atoms with Crippen molar-refractivity contribution >= 4 is 23.1 Å². The van der Waals surface area contributed by atoms with Crippen LogP contribution < -0.4 is 0 Å². The third-order valence-electron chi connectivity index (χ3n) is 3.40. The van der Waals surface area contributed by atoms with Crippen LogP contribution in [-0.2, 0) is 4.74 Å². The average Bonchev–Trinajstić information content (AvgIpc) is 3.20. The molecule has 1 unspecified atom stereocenters. The van der Waals surface area contributed by atoms with Gasteiger partial charge in [-0.25, -0.2) is 14.2 Å². The van der Waals surface area contributed by atoms with Crippen LogP contribution in [0.15, 0.2) is 22.4 Å². The lowest BCUT2D eigenvalue weighted by atomic mass is 10.0. The number of nitrogens with zero attached hydrogens (tertiary/aromatic N) is 1. The zero-order valence-corrected chi connectivity index (χ0v) is 11.6. The summed E-state index contributed by atoms with van der Waals surface area (Å²) >= 11 is 5.88. The first-order chi connectivity index (χ1) is 9.60. The second-order valence-electron chi connectivity index (χ2n) is 4.91. The van der Waals surface area contributed by atoms with Crippen LogP contribution in [0.25, 0.3) is 5.57 Å². The highest BCUT2D eigenvalue weighted by Crippen LogP contribution is 2.43. The van der Waals surface area contributed by atoms with Gasteiger partial charge >= 0.3 is 5.97 Å². The van der Waals surface area contributed by atoms with Crippen molar-refractivity contribution < 1.29 is 18.3 Å². The molecular formula is C14H13ClFNO3. The maximum Gasteiger partial charge on any atom is 0.360 e. The molecule has 1 heterocycles. The number of alkyl halides is 1. The first-order valence-electron chi connectivity index (χ1n) is 6.40. The normalized spacial score (nSPS) is 22.2. The Labute approximate surface area is 120 Å². The molecule has 0 amide bonds. The fourth-order valence-electron chi connectivity index (χ4n) is 2.14. The topological polar surface area (TPSA) is 52.3 Å². The quantitative estimate of drug-likeness (QED) is 0.632. The van der Waals surface area contributed by atoms with Crippen molar-refractivity contribution in [2.24, 2.45) is 0 Å². The summed E-state index contributed by atoms with van der Waals surface area (Å²) in [4.78, 5) is 15.9. The summed E-state index contributed by atoms with van der Waals surface area (Å²) in [5.74, 6) is 0.226. The van der Waals surface area contributed by atoms with Gasteiger partial charge in [0.05, 0.1) is 12.5 Å². The number of hydrogen-bond acceptors (Lipinski definition) is 4. The number of hydrogen-bond donors (Lipinski definition) is 0. The molecule has 20 heavy (non-hydrogen) atoms. The molecule has 2 aliphatic rings. The lowest BCUT2D eigenvalue weighted by molar-refractivity contribution is 0.0592. The third-order valence-corrected chi connectivity index (χ3v) is 3.76. The van der Waals surface area contributed by atoms with Gasteiger partial charge in [-0.1, -0.05) is 6.08 Å². The van der Waals surface area contributed by atoms with E-state index in [0.29, 0.717) is 17.2 Å². The largest absolute Gasteiger partial charge is 0.464 e. The zero-order chi connectivity index (χ0) is 14.3. The van der Waals surface area contributed by atoms with Crippen LogP contribution in [-0.4, -0.2) is 23.4 Å². The second kappa shape index (κ2) is 5.05. The Morgan fingerprint density at radius 3 is 2.85 bits per heavy atom. The van der Waals surface area contributed by atoms with Gasteiger partial charge in [0.15, 0.2) is 5.69 Å². The van der Waals surface area contributed by atoms with E-state index in [1.807, 2.05) is 0 Å². The molecule has 0 spiro atoms. The van der Waals surface area contributed by atoms with E-state index in [9.17, 15) is 9.18 Å². The van der Waals surface area contributed by atoms with Crippen LogP contribution in [0, 0.1) is 0 Å². The molecule has 1 fully saturated rings. The molecule has 0 saturated heterocycles. The standard InChI is InChI=1S/C14H13ClFNO3/c1-19-14(18)11-12(7-2-3-7)20-13(17-11)8-4-5-10(16)9(15)6-8/h4-5,7,9H,2-3,6H2,1H3. The van der Waals surface area contributed by atoms with E-state index in [2.05, 4.69) is 4.98 Å². The minimum Gasteiger partial charge on any atom is -0.464 e. The number of ether oxygens (including phenoxy) is 1. The molecule has 6 heteroatoms. The van der Waals surface area contributed by atoms with Crippen molar-refractivity contribution in [3.8, 4) is 0 Å². The molecule has 1 saturated carbocycles. The SMILES string of the molecule is COC(=O)c1nc(C2=CC=C(F)C(Cl)C2)oc1C1CC1.